The molecular weight excluding hydrogens is 266 g/mol. The molecule has 0 aliphatic rings. The van der Waals surface area contributed by atoms with Gasteiger partial charge in [-0.25, -0.2) is 0 Å². The molecule has 0 bridgehead atoms. The van der Waals surface area contributed by atoms with Crippen LogP contribution in [0.4, 0.5) is 5.69 Å². The summed E-state index contributed by atoms with van der Waals surface area (Å²) in [7, 11) is -1.15. The first-order valence-electron chi connectivity index (χ1n) is 5.56. The van der Waals surface area contributed by atoms with Crippen LogP contribution in [0.25, 0.3) is 0 Å². The molecule has 0 heterocycles. The molecule has 2 nitrogen and oxygen atoms in total. The number of hydrogen-bond donors (Lipinski definition) is 1. The highest BCUT2D eigenvalue weighted by atomic mass is 35.5. The highest BCUT2D eigenvalue weighted by molar-refractivity contribution is 7.84. The van der Waals surface area contributed by atoms with Crippen LogP contribution in [0.15, 0.2) is 47.4 Å². The van der Waals surface area contributed by atoms with Gasteiger partial charge in [-0.2, -0.15) is 0 Å². The summed E-state index contributed by atoms with van der Waals surface area (Å²) in [6.45, 7) is 1.91. The van der Waals surface area contributed by atoms with E-state index < -0.39 is 10.8 Å². The van der Waals surface area contributed by atoms with Gasteiger partial charge < -0.3 is 5.73 Å². The monoisotopic (exact) mass is 279 g/mol. The molecule has 0 spiro atoms. The number of rotatable bonds is 3. The molecule has 2 rings (SSSR count). The third-order valence-electron chi connectivity index (χ3n) is 2.72. The molecule has 0 radical (unpaired) electrons. The zero-order valence-corrected chi connectivity index (χ0v) is 11.6. The normalized spacial score (nSPS) is 12.3. The lowest BCUT2D eigenvalue weighted by Crippen LogP contribution is -2.02. The van der Waals surface area contributed by atoms with Crippen LogP contribution in [0.2, 0.25) is 5.02 Å². The Morgan fingerprint density at radius 3 is 2.67 bits per heavy atom. The Labute approximate surface area is 114 Å². The Balaban J connectivity index is 2.25. The number of hydrogen-bond acceptors (Lipinski definition) is 2. The van der Waals surface area contributed by atoms with Crippen LogP contribution in [0.3, 0.4) is 0 Å². The average molecular weight is 280 g/mol. The average Bonchev–Trinajstić information content (AvgIpc) is 2.32. The zero-order valence-electron chi connectivity index (χ0n) is 10.0. The van der Waals surface area contributed by atoms with Crippen molar-refractivity contribution in [3.05, 3.63) is 58.6 Å². The fourth-order valence-electron chi connectivity index (χ4n) is 1.71. The van der Waals surface area contributed by atoms with Gasteiger partial charge in [-0.05, 0) is 36.2 Å². The Bertz CT molecular complexity index is 598. The number of halogens is 1. The SMILES string of the molecule is Cc1cccc(S(=O)Cc2cccc(Cl)c2)c1N. The maximum Gasteiger partial charge on any atom is 0.0623 e. The smallest absolute Gasteiger partial charge is 0.0623 e. The van der Waals surface area contributed by atoms with Gasteiger partial charge in [0.05, 0.1) is 27.1 Å². The summed E-state index contributed by atoms with van der Waals surface area (Å²) in [5, 5.41) is 0.654. The summed E-state index contributed by atoms with van der Waals surface area (Å²) >= 11 is 5.91. The minimum atomic E-state index is -1.15. The quantitative estimate of drug-likeness (QED) is 0.874. The van der Waals surface area contributed by atoms with Gasteiger partial charge in [0, 0.05) is 5.02 Å². The molecule has 1 unspecified atom stereocenters. The first-order chi connectivity index (χ1) is 8.58. The Morgan fingerprint density at radius 2 is 1.94 bits per heavy atom. The fourth-order valence-corrected chi connectivity index (χ4v) is 3.20. The molecule has 2 N–H and O–H groups in total. The van der Waals surface area contributed by atoms with Crippen molar-refractivity contribution in [2.45, 2.75) is 17.6 Å². The van der Waals surface area contributed by atoms with E-state index >= 15 is 0 Å². The van der Waals surface area contributed by atoms with E-state index in [-0.39, 0.29) is 0 Å². The molecule has 4 heteroatoms. The number of nitrogens with two attached hydrogens (primary N) is 1. The number of aryl methyl sites for hydroxylation is 1. The molecule has 0 aliphatic carbocycles. The molecule has 0 amide bonds. The van der Waals surface area contributed by atoms with Gasteiger partial charge in [-0.3, -0.25) is 4.21 Å². The van der Waals surface area contributed by atoms with Gasteiger partial charge in [0.1, 0.15) is 0 Å². The second-order valence-electron chi connectivity index (χ2n) is 4.11. The molecule has 0 fully saturated rings. The van der Waals surface area contributed by atoms with E-state index in [1.165, 1.54) is 0 Å². The highest BCUT2D eigenvalue weighted by Gasteiger charge is 2.10. The molecular formula is C14H14ClNOS. The van der Waals surface area contributed by atoms with Crippen LogP contribution >= 0.6 is 11.6 Å². The van der Waals surface area contributed by atoms with E-state index in [0.29, 0.717) is 21.4 Å². The van der Waals surface area contributed by atoms with E-state index in [0.717, 1.165) is 11.1 Å². The van der Waals surface area contributed by atoms with E-state index in [9.17, 15) is 4.21 Å². The van der Waals surface area contributed by atoms with Crippen molar-refractivity contribution in [3.8, 4) is 0 Å². The highest BCUT2D eigenvalue weighted by Crippen LogP contribution is 2.23. The largest absolute Gasteiger partial charge is 0.398 e. The summed E-state index contributed by atoms with van der Waals surface area (Å²) < 4.78 is 12.3. The topological polar surface area (TPSA) is 43.1 Å². The molecule has 0 aliphatic heterocycles. The number of benzene rings is 2. The van der Waals surface area contributed by atoms with Crippen molar-refractivity contribution in [2.24, 2.45) is 0 Å². The number of para-hydroxylation sites is 1. The minimum absolute atomic E-state index is 0.425. The van der Waals surface area contributed by atoms with Gasteiger partial charge >= 0.3 is 0 Å². The van der Waals surface area contributed by atoms with Crippen LogP contribution in [-0.4, -0.2) is 4.21 Å². The maximum atomic E-state index is 12.3. The van der Waals surface area contributed by atoms with Crippen molar-refractivity contribution >= 4 is 28.1 Å². The molecule has 1 atom stereocenters. The molecule has 0 saturated heterocycles. The van der Waals surface area contributed by atoms with E-state index in [4.69, 9.17) is 17.3 Å². The lowest BCUT2D eigenvalue weighted by Gasteiger charge is -2.08. The van der Waals surface area contributed by atoms with Gasteiger partial charge in [-0.15, -0.1) is 0 Å². The van der Waals surface area contributed by atoms with Crippen LogP contribution in [0.1, 0.15) is 11.1 Å². The van der Waals surface area contributed by atoms with E-state index in [1.54, 1.807) is 6.07 Å². The van der Waals surface area contributed by atoms with Gasteiger partial charge in [0.15, 0.2) is 0 Å². The predicted octanol–water partition coefficient (Wildman–Crippen LogP) is 3.54. The summed E-state index contributed by atoms with van der Waals surface area (Å²) in [6.07, 6.45) is 0. The third kappa shape index (κ3) is 2.92. The van der Waals surface area contributed by atoms with Gasteiger partial charge in [0.2, 0.25) is 0 Å². The first kappa shape index (κ1) is 13.1. The molecule has 2 aromatic rings. The fraction of sp³-hybridized carbons (Fsp3) is 0.143. The summed E-state index contributed by atoms with van der Waals surface area (Å²) in [5.41, 5.74) is 8.45. The van der Waals surface area contributed by atoms with Crippen molar-refractivity contribution in [2.75, 3.05) is 5.73 Å². The molecule has 18 heavy (non-hydrogen) atoms. The number of anilines is 1. The standard InChI is InChI=1S/C14H14ClNOS/c1-10-4-2-7-13(14(10)16)18(17)9-11-5-3-6-12(15)8-11/h2-8H,9,16H2,1H3. The second kappa shape index (κ2) is 5.55. The predicted molar refractivity (Wildman–Crippen MR) is 77.2 cm³/mol. The van der Waals surface area contributed by atoms with Gasteiger partial charge in [-0.1, -0.05) is 35.9 Å². The lowest BCUT2D eigenvalue weighted by atomic mass is 10.2. The van der Waals surface area contributed by atoms with Crippen molar-refractivity contribution in [1.82, 2.24) is 0 Å². The summed E-state index contributed by atoms with van der Waals surface area (Å²) in [5.74, 6) is 0.425. The Hall–Kier alpha value is -1.32. The first-order valence-corrected chi connectivity index (χ1v) is 7.25. The summed E-state index contributed by atoms with van der Waals surface area (Å²) in [4.78, 5) is 0.690. The molecule has 94 valence electrons. The molecule has 0 aromatic heterocycles. The van der Waals surface area contributed by atoms with Crippen molar-refractivity contribution < 1.29 is 4.21 Å². The van der Waals surface area contributed by atoms with Crippen LogP contribution < -0.4 is 5.73 Å². The van der Waals surface area contributed by atoms with Crippen LogP contribution in [0, 0.1) is 6.92 Å². The van der Waals surface area contributed by atoms with E-state index in [1.807, 2.05) is 43.3 Å². The third-order valence-corrected chi connectivity index (χ3v) is 4.39. The van der Waals surface area contributed by atoms with E-state index in [2.05, 4.69) is 0 Å². The van der Waals surface area contributed by atoms with Crippen molar-refractivity contribution in [1.29, 1.82) is 0 Å². The molecule has 0 saturated carbocycles. The second-order valence-corrected chi connectivity index (χ2v) is 5.96. The van der Waals surface area contributed by atoms with Crippen molar-refractivity contribution in [3.63, 3.8) is 0 Å². The lowest BCUT2D eigenvalue weighted by molar-refractivity contribution is 0.683. The Morgan fingerprint density at radius 1 is 1.22 bits per heavy atom. The van der Waals surface area contributed by atoms with Crippen LogP contribution in [-0.2, 0) is 16.6 Å². The van der Waals surface area contributed by atoms with Gasteiger partial charge in [0.25, 0.3) is 0 Å². The van der Waals surface area contributed by atoms with Crippen LogP contribution in [0.5, 0.6) is 0 Å². The molecule has 2 aromatic carbocycles. The Kier molecular flexibility index (Phi) is 4.04. The summed E-state index contributed by atoms with van der Waals surface area (Å²) in [6, 6.07) is 13.0. The zero-order chi connectivity index (χ0) is 13.1. The maximum absolute atomic E-state index is 12.3. The minimum Gasteiger partial charge on any atom is -0.398 e. The number of nitrogen functional groups attached to an aromatic ring is 1.